The third-order valence-electron chi connectivity index (χ3n) is 2.44. The van der Waals surface area contributed by atoms with Crippen molar-refractivity contribution in [1.82, 2.24) is 0 Å². The first-order valence-corrected chi connectivity index (χ1v) is 4.67. The number of nitrogens with two attached hydrogens (primary N) is 2. The summed E-state index contributed by atoms with van der Waals surface area (Å²) in [7, 11) is 0. The van der Waals surface area contributed by atoms with Gasteiger partial charge in [0.15, 0.2) is 0 Å². The lowest BCUT2D eigenvalue weighted by molar-refractivity contribution is -0.132. The Hall–Kier alpha value is -1.84. The van der Waals surface area contributed by atoms with Crippen LogP contribution in [0.3, 0.4) is 0 Å². The van der Waals surface area contributed by atoms with Gasteiger partial charge in [0, 0.05) is 5.92 Å². The Bertz CT molecular complexity index is 348. The van der Waals surface area contributed by atoms with E-state index in [-0.39, 0.29) is 5.92 Å². The summed E-state index contributed by atoms with van der Waals surface area (Å²) in [4.78, 5) is 22.2. The van der Waals surface area contributed by atoms with Crippen molar-refractivity contribution in [2.45, 2.75) is 12.8 Å². The predicted octanol–water partition coefficient (Wildman–Crippen LogP) is 0.377. The maximum atomic E-state index is 11.1. The molecule has 4 heteroatoms. The van der Waals surface area contributed by atoms with Crippen LogP contribution in [0.1, 0.15) is 18.4 Å². The zero-order valence-corrected chi connectivity index (χ0v) is 8.51. The van der Waals surface area contributed by atoms with Gasteiger partial charge in [-0.1, -0.05) is 37.3 Å². The average Bonchev–Trinajstić information content (AvgIpc) is 2.18. The summed E-state index contributed by atoms with van der Waals surface area (Å²) in [5.74, 6) is -2.61. The third kappa shape index (κ3) is 2.56. The number of primary amides is 2. The maximum Gasteiger partial charge on any atom is 0.230 e. The Labute approximate surface area is 88.3 Å². The Morgan fingerprint density at radius 3 is 1.93 bits per heavy atom. The standard InChI is InChI=1S/C11H14N2O2/c1-7(8-5-3-2-4-6-8)9(10(12)14)11(13)15/h2-7,9H,1H3,(H2,12,14)(H2,13,15). The first kappa shape index (κ1) is 11.2. The van der Waals surface area contributed by atoms with Gasteiger partial charge in [0.1, 0.15) is 5.92 Å². The molecule has 4 N–H and O–H groups in total. The second-order valence-electron chi connectivity index (χ2n) is 3.48. The van der Waals surface area contributed by atoms with Crippen molar-refractivity contribution in [3.05, 3.63) is 35.9 Å². The molecule has 0 spiro atoms. The summed E-state index contributed by atoms with van der Waals surface area (Å²) in [6.07, 6.45) is 0. The molecule has 80 valence electrons. The van der Waals surface area contributed by atoms with Crippen LogP contribution in [0.15, 0.2) is 30.3 Å². The quantitative estimate of drug-likeness (QED) is 0.697. The summed E-state index contributed by atoms with van der Waals surface area (Å²) in [5, 5.41) is 0. The van der Waals surface area contributed by atoms with Gasteiger partial charge in [0.25, 0.3) is 0 Å². The lowest BCUT2D eigenvalue weighted by Gasteiger charge is -2.18. The largest absolute Gasteiger partial charge is 0.369 e. The van der Waals surface area contributed by atoms with Crippen LogP contribution in [0.4, 0.5) is 0 Å². The van der Waals surface area contributed by atoms with Crippen LogP contribution in [0, 0.1) is 5.92 Å². The third-order valence-corrected chi connectivity index (χ3v) is 2.44. The SMILES string of the molecule is CC(c1ccccc1)C(C(N)=O)C(N)=O. The van der Waals surface area contributed by atoms with Crippen molar-refractivity contribution < 1.29 is 9.59 Å². The van der Waals surface area contributed by atoms with Gasteiger partial charge in [-0.15, -0.1) is 0 Å². The zero-order chi connectivity index (χ0) is 11.4. The Morgan fingerprint density at radius 2 is 1.53 bits per heavy atom. The number of carbonyl (C=O) groups excluding carboxylic acids is 2. The van der Waals surface area contributed by atoms with E-state index < -0.39 is 17.7 Å². The highest BCUT2D eigenvalue weighted by Crippen LogP contribution is 2.23. The van der Waals surface area contributed by atoms with Crippen LogP contribution in [0.5, 0.6) is 0 Å². The maximum absolute atomic E-state index is 11.1. The van der Waals surface area contributed by atoms with Crippen LogP contribution >= 0.6 is 0 Å². The molecule has 0 aliphatic heterocycles. The molecule has 0 fully saturated rings. The topological polar surface area (TPSA) is 86.2 Å². The summed E-state index contributed by atoms with van der Waals surface area (Å²) in [5.41, 5.74) is 11.1. The smallest absolute Gasteiger partial charge is 0.230 e. The van der Waals surface area contributed by atoms with E-state index in [1.807, 2.05) is 30.3 Å². The summed E-state index contributed by atoms with van der Waals surface area (Å²) < 4.78 is 0. The minimum atomic E-state index is -0.951. The second kappa shape index (κ2) is 4.59. The molecule has 0 aliphatic carbocycles. The minimum absolute atomic E-state index is 0.291. The molecule has 0 aliphatic rings. The van der Waals surface area contributed by atoms with E-state index in [0.29, 0.717) is 0 Å². The summed E-state index contributed by atoms with van der Waals surface area (Å²) in [6.45, 7) is 1.76. The summed E-state index contributed by atoms with van der Waals surface area (Å²) in [6, 6.07) is 9.21. The van der Waals surface area contributed by atoms with Crippen LogP contribution in [0.2, 0.25) is 0 Å². The number of amides is 2. The van der Waals surface area contributed by atoms with Gasteiger partial charge in [-0.2, -0.15) is 0 Å². The Kier molecular flexibility index (Phi) is 3.44. The van der Waals surface area contributed by atoms with E-state index in [2.05, 4.69) is 0 Å². The molecule has 0 bridgehead atoms. The number of hydrogen-bond donors (Lipinski definition) is 2. The molecule has 1 aromatic rings. The van der Waals surface area contributed by atoms with Gasteiger partial charge in [-0.3, -0.25) is 9.59 Å². The number of rotatable bonds is 4. The first-order valence-electron chi connectivity index (χ1n) is 4.67. The van der Waals surface area contributed by atoms with Gasteiger partial charge in [0.05, 0.1) is 0 Å². The second-order valence-corrected chi connectivity index (χ2v) is 3.48. The molecule has 4 nitrogen and oxygen atoms in total. The summed E-state index contributed by atoms with van der Waals surface area (Å²) >= 11 is 0. The van der Waals surface area contributed by atoms with Crippen LogP contribution in [0.25, 0.3) is 0 Å². The molecule has 1 aromatic carbocycles. The van der Waals surface area contributed by atoms with E-state index >= 15 is 0 Å². The fourth-order valence-corrected chi connectivity index (χ4v) is 1.58. The van der Waals surface area contributed by atoms with Gasteiger partial charge in [-0.25, -0.2) is 0 Å². The van der Waals surface area contributed by atoms with E-state index in [1.165, 1.54) is 0 Å². The van der Waals surface area contributed by atoms with Crippen LogP contribution in [-0.2, 0) is 9.59 Å². The molecule has 0 heterocycles. The molecule has 0 saturated heterocycles. The molecule has 15 heavy (non-hydrogen) atoms. The van der Waals surface area contributed by atoms with Crippen molar-refractivity contribution in [2.24, 2.45) is 17.4 Å². The lowest BCUT2D eigenvalue weighted by Crippen LogP contribution is -2.38. The van der Waals surface area contributed by atoms with Crippen molar-refractivity contribution in [1.29, 1.82) is 0 Å². The van der Waals surface area contributed by atoms with Crippen LogP contribution in [-0.4, -0.2) is 11.8 Å². The van der Waals surface area contributed by atoms with Crippen molar-refractivity contribution in [2.75, 3.05) is 0 Å². The molecule has 0 aromatic heterocycles. The van der Waals surface area contributed by atoms with Crippen molar-refractivity contribution in [3.63, 3.8) is 0 Å². The van der Waals surface area contributed by atoms with Gasteiger partial charge in [0.2, 0.25) is 11.8 Å². The van der Waals surface area contributed by atoms with E-state index in [4.69, 9.17) is 11.5 Å². The predicted molar refractivity (Wildman–Crippen MR) is 56.7 cm³/mol. The fraction of sp³-hybridized carbons (Fsp3) is 0.273. The van der Waals surface area contributed by atoms with E-state index in [1.54, 1.807) is 6.92 Å². The Morgan fingerprint density at radius 1 is 1.07 bits per heavy atom. The monoisotopic (exact) mass is 206 g/mol. The van der Waals surface area contributed by atoms with Gasteiger partial charge in [-0.05, 0) is 5.56 Å². The number of hydrogen-bond acceptors (Lipinski definition) is 2. The van der Waals surface area contributed by atoms with Gasteiger partial charge >= 0.3 is 0 Å². The fourth-order valence-electron chi connectivity index (χ4n) is 1.58. The average molecular weight is 206 g/mol. The van der Waals surface area contributed by atoms with Crippen LogP contribution < -0.4 is 11.5 Å². The molecular formula is C11H14N2O2. The molecule has 0 saturated carbocycles. The van der Waals surface area contributed by atoms with Crippen molar-refractivity contribution in [3.8, 4) is 0 Å². The molecule has 1 atom stereocenters. The highest BCUT2D eigenvalue weighted by Gasteiger charge is 2.29. The highest BCUT2D eigenvalue weighted by molar-refractivity contribution is 5.99. The van der Waals surface area contributed by atoms with E-state index in [9.17, 15) is 9.59 Å². The number of carbonyl (C=O) groups is 2. The first-order chi connectivity index (χ1) is 7.04. The minimum Gasteiger partial charge on any atom is -0.369 e. The molecule has 2 amide bonds. The lowest BCUT2D eigenvalue weighted by atomic mass is 9.86. The molecule has 1 unspecified atom stereocenters. The molecule has 0 radical (unpaired) electrons. The molecular weight excluding hydrogens is 192 g/mol. The van der Waals surface area contributed by atoms with E-state index in [0.717, 1.165) is 5.56 Å². The number of benzene rings is 1. The zero-order valence-electron chi connectivity index (χ0n) is 8.51. The highest BCUT2D eigenvalue weighted by atomic mass is 16.2. The molecule has 1 rings (SSSR count). The van der Waals surface area contributed by atoms with Gasteiger partial charge < -0.3 is 11.5 Å². The normalized spacial score (nSPS) is 12.4. The van der Waals surface area contributed by atoms with Crippen molar-refractivity contribution >= 4 is 11.8 Å². The Balaban J connectivity index is 2.96.